The van der Waals surface area contributed by atoms with Gasteiger partial charge in [-0.2, -0.15) is 0 Å². The van der Waals surface area contributed by atoms with Gasteiger partial charge in [-0.05, 0) is 42.3 Å². The smallest absolute Gasteiger partial charge is 0.141 e. The molecule has 0 radical (unpaired) electrons. The second-order valence-corrected chi connectivity index (χ2v) is 5.84. The van der Waals surface area contributed by atoms with Crippen molar-refractivity contribution in [2.45, 2.75) is 13.3 Å². The fourth-order valence-corrected chi connectivity index (χ4v) is 3.06. The Morgan fingerprint density at radius 3 is 2.78 bits per heavy atom. The zero-order chi connectivity index (χ0) is 15.8. The Balaban J connectivity index is 1.84. The first-order valence-corrected chi connectivity index (χ1v) is 7.90. The third-order valence-electron chi connectivity index (χ3n) is 4.04. The molecule has 1 aromatic carbocycles. The van der Waals surface area contributed by atoms with Gasteiger partial charge in [-0.3, -0.25) is 0 Å². The van der Waals surface area contributed by atoms with Crippen LogP contribution in [0.5, 0.6) is 0 Å². The summed E-state index contributed by atoms with van der Waals surface area (Å²) in [5, 5.41) is 1.74. The standard InChI is InChI=1S/C18H15ClN4/c1-2-11-3-4-12(19)9-14(11)15-5-6-16(23-15)17-13-7-8-20-18(13)22-10-21-17/h3-10,23H,2H2,1H3,(H,20,21,22). The predicted molar refractivity (Wildman–Crippen MR) is 93.5 cm³/mol. The number of halogens is 1. The van der Waals surface area contributed by atoms with E-state index in [0.717, 1.165) is 45.1 Å². The van der Waals surface area contributed by atoms with Crippen LogP contribution in [0.25, 0.3) is 33.7 Å². The van der Waals surface area contributed by atoms with Gasteiger partial charge in [-0.1, -0.05) is 24.6 Å². The van der Waals surface area contributed by atoms with Gasteiger partial charge in [-0.15, -0.1) is 0 Å². The van der Waals surface area contributed by atoms with Gasteiger partial charge in [0.1, 0.15) is 12.0 Å². The molecule has 0 unspecified atom stereocenters. The summed E-state index contributed by atoms with van der Waals surface area (Å²) < 4.78 is 0. The minimum absolute atomic E-state index is 0.739. The normalized spacial score (nSPS) is 11.2. The molecule has 23 heavy (non-hydrogen) atoms. The van der Waals surface area contributed by atoms with Gasteiger partial charge in [0.2, 0.25) is 0 Å². The maximum absolute atomic E-state index is 6.17. The molecular weight excluding hydrogens is 308 g/mol. The SMILES string of the molecule is CCc1ccc(Cl)cc1-c1ccc(-c2ncnc3[nH]ccc23)[nH]1. The molecule has 3 aromatic heterocycles. The molecule has 3 heterocycles. The van der Waals surface area contributed by atoms with Crippen LogP contribution in [-0.2, 0) is 6.42 Å². The molecule has 4 aromatic rings. The second-order valence-electron chi connectivity index (χ2n) is 5.40. The molecule has 0 spiro atoms. The Hall–Kier alpha value is -2.59. The number of nitrogens with one attached hydrogen (secondary N) is 2. The quantitative estimate of drug-likeness (QED) is 0.567. The summed E-state index contributed by atoms with van der Waals surface area (Å²) in [5.74, 6) is 0. The minimum atomic E-state index is 0.739. The molecule has 0 saturated carbocycles. The summed E-state index contributed by atoms with van der Waals surface area (Å²) in [6, 6.07) is 12.1. The summed E-state index contributed by atoms with van der Waals surface area (Å²) in [4.78, 5) is 15.2. The van der Waals surface area contributed by atoms with Crippen molar-refractivity contribution in [1.82, 2.24) is 19.9 Å². The molecule has 0 fully saturated rings. The molecule has 0 amide bonds. The van der Waals surface area contributed by atoms with Crippen LogP contribution in [-0.4, -0.2) is 19.9 Å². The molecule has 0 aliphatic rings. The molecular formula is C18H15ClN4. The maximum Gasteiger partial charge on any atom is 0.141 e. The van der Waals surface area contributed by atoms with Gasteiger partial charge in [0.15, 0.2) is 0 Å². The molecule has 4 nitrogen and oxygen atoms in total. The highest BCUT2D eigenvalue weighted by Crippen LogP contribution is 2.30. The Kier molecular flexibility index (Phi) is 3.39. The zero-order valence-electron chi connectivity index (χ0n) is 12.6. The van der Waals surface area contributed by atoms with E-state index in [2.05, 4.69) is 39.0 Å². The fourth-order valence-electron chi connectivity index (χ4n) is 2.89. The van der Waals surface area contributed by atoms with E-state index < -0.39 is 0 Å². The summed E-state index contributed by atoms with van der Waals surface area (Å²) >= 11 is 6.17. The number of H-pyrrole nitrogens is 2. The summed E-state index contributed by atoms with van der Waals surface area (Å²) in [6.07, 6.45) is 4.40. The molecule has 114 valence electrons. The lowest BCUT2D eigenvalue weighted by atomic mass is 10.0. The van der Waals surface area contributed by atoms with Crippen LogP contribution in [0.2, 0.25) is 5.02 Å². The van der Waals surface area contributed by atoms with E-state index in [1.54, 1.807) is 6.33 Å². The van der Waals surface area contributed by atoms with Gasteiger partial charge in [-0.25, -0.2) is 9.97 Å². The van der Waals surface area contributed by atoms with Crippen LogP contribution in [0.4, 0.5) is 0 Å². The van der Waals surface area contributed by atoms with Crippen LogP contribution in [0.3, 0.4) is 0 Å². The van der Waals surface area contributed by atoms with Crippen LogP contribution in [0.15, 0.2) is 48.9 Å². The summed E-state index contributed by atoms with van der Waals surface area (Å²) in [5.41, 5.74) is 6.13. The number of hydrogen-bond acceptors (Lipinski definition) is 2. The van der Waals surface area contributed by atoms with Crippen molar-refractivity contribution in [2.75, 3.05) is 0 Å². The summed E-state index contributed by atoms with van der Waals surface area (Å²) in [7, 11) is 0. The number of nitrogens with zero attached hydrogens (tertiary/aromatic N) is 2. The van der Waals surface area contributed by atoms with Crippen molar-refractivity contribution in [3.8, 4) is 22.6 Å². The third-order valence-corrected chi connectivity index (χ3v) is 4.27. The number of benzene rings is 1. The maximum atomic E-state index is 6.17. The van der Waals surface area contributed by atoms with Crippen molar-refractivity contribution in [2.24, 2.45) is 0 Å². The van der Waals surface area contributed by atoms with Gasteiger partial charge in [0, 0.05) is 27.9 Å². The summed E-state index contributed by atoms with van der Waals surface area (Å²) in [6.45, 7) is 2.14. The van der Waals surface area contributed by atoms with E-state index in [1.165, 1.54) is 5.56 Å². The third kappa shape index (κ3) is 2.41. The number of rotatable bonds is 3. The Morgan fingerprint density at radius 1 is 1.04 bits per heavy atom. The Morgan fingerprint density at radius 2 is 1.91 bits per heavy atom. The molecule has 0 aliphatic carbocycles. The van der Waals surface area contributed by atoms with Gasteiger partial charge < -0.3 is 9.97 Å². The van der Waals surface area contributed by atoms with E-state index >= 15 is 0 Å². The first kappa shape index (κ1) is 14.0. The van der Waals surface area contributed by atoms with E-state index in [4.69, 9.17) is 11.6 Å². The highest BCUT2D eigenvalue weighted by atomic mass is 35.5. The molecule has 2 N–H and O–H groups in total. The number of fused-ring (bicyclic) bond motifs is 1. The Labute approximate surface area is 138 Å². The van der Waals surface area contributed by atoms with Gasteiger partial charge in [0.25, 0.3) is 0 Å². The molecule has 0 saturated heterocycles. The average Bonchev–Trinajstić information content (AvgIpc) is 3.23. The molecule has 0 aliphatic heterocycles. The predicted octanol–water partition coefficient (Wildman–Crippen LogP) is 4.84. The van der Waals surface area contributed by atoms with Crippen molar-refractivity contribution >= 4 is 22.6 Å². The first-order chi connectivity index (χ1) is 11.3. The fraction of sp³-hybridized carbons (Fsp3) is 0.111. The van der Waals surface area contributed by atoms with Crippen LogP contribution in [0.1, 0.15) is 12.5 Å². The van der Waals surface area contributed by atoms with E-state index in [-0.39, 0.29) is 0 Å². The molecule has 5 heteroatoms. The molecule has 4 rings (SSSR count). The largest absolute Gasteiger partial charge is 0.353 e. The van der Waals surface area contributed by atoms with Crippen molar-refractivity contribution < 1.29 is 0 Å². The molecule has 0 bridgehead atoms. The number of aromatic amines is 2. The van der Waals surface area contributed by atoms with Crippen molar-refractivity contribution in [3.63, 3.8) is 0 Å². The van der Waals surface area contributed by atoms with Gasteiger partial charge in [0.05, 0.1) is 11.4 Å². The second kappa shape index (κ2) is 5.56. The monoisotopic (exact) mass is 322 g/mol. The number of hydrogen-bond donors (Lipinski definition) is 2. The highest BCUT2D eigenvalue weighted by Gasteiger charge is 2.12. The zero-order valence-corrected chi connectivity index (χ0v) is 13.4. The number of aryl methyl sites for hydroxylation is 1. The van der Waals surface area contributed by atoms with E-state index in [0.29, 0.717) is 0 Å². The van der Waals surface area contributed by atoms with Crippen molar-refractivity contribution in [3.05, 3.63) is 59.5 Å². The van der Waals surface area contributed by atoms with Crippen LogP contribution in [0, 0.1) is 0 Å². The lowest BCUT2D eigenvalue weighted by molar-refractivity contribution is 1.14. The number of aromatic nitrogens is 4. The highest BCUT2D eigenvalue weighted by molar-refractivity contribution is 6.30. The lowest BCUT2D eigenvalue weighted by Crippen LogP contribution is -1.90. The average molecular weight is 323 g/mol. The molecule has 0 atom stereocenters. The van der Waals surface area contributed by atoms with Gasteiger partial charge >= 0.3 is 0 Å². The first-order valence-electron chi connectivity index (χ1n) is 7.52. The lowest BCUT2D eigenvalue weighted by Gasteiger charge is -2.07. The van der Waals surface area contributed by atoms with E-state index in [9.17, 15) is 0 Å². The van der Waals surface area contributed by atoms with Crippen LogP contribution < -0.4 is 0 Å². The minimum Gasteiger partial charge on any atom is -0.353 e. The Bertz CT molecular complexity index is 984. The van der Waals surface area contributed by atoms with E-state index in [1.807, 2.05) is 30.5 Å². The van der Waals surface area contributed by atoms with Crippen molar-refractivity contribution in [1.29, 1.82) is 0 Å². The van der Waals surface area contributed by atoms with Crippen LogP contribution >= 0.6 is 11.6 Å². The topological polar surface area (TPSA) is 57.4 Å².